The van der Waals surface area contributed by atoms with E-state index in [0.29, 0.717) is 18.1 Å². The van der Waals surface area contributed by atoms with Crippen LogP contribution in [0.3, 0.4) is 0 Å². The molecule has 1 aliphatic rings. The normalized spacial score (nSPS) is 14.5. The Kier molecular flexibility index (Phi) is 9.82. The molecular formula is C23H28F3N7O5. The number of amides is 3. The number of nitrogens with one attached hydrogen (secondary N) is 2. The molecule has 38 heavy (non-hydrogen) atoms. The second-order valence-corrected chi connectivity index (χ2v) is 9.06. The van der Waals surface area contributed by atoms with Crippen molar-refractivity contribution in [2.75, 3.05) is 18.4 Å². The predicted octanol–water partition coefficient (Wildman–Crippen LogP) is 2.01. The van der Waals surface area contributed by atoms with Crippen molar-refractivity contribution >= 4 is 29.4 Å². The monoisotopic (exact) mass is 539 g/mol. The number of aliphatic carboxylic acids is 1. The van der Waals surface area contributed by atoms with E-state index in [-0.39, 0.29) is 48.7 Å². The number of carbonyl (C=O) groups is 4. The number of tetrazole rings is 1. The van der Waals surface area contributed by atoms with Gasteiger partial charge in [0.1, 0.15) is 0 Å². The third kappa shape index (κ3) is 8.19. The van der Waals surface area contributed by atoms with Crippen LogP contribution in [0.15, 0.2) is 36.9 Å². The van der Waals surface area contributed by atoms with Crippen molar-refractivity contribution in [2.45, 2.75) is 51.4 Å². The van der Waals surface area contributed by atoms with Gasteiger partial charge in [0, 0.05) is 31.6 Å². The fourth-order valence-corrected chi connectivity index (χ4v) is 3.36. The molecule has 15 heteroatoms. The van der Waals surface area contributed by atoms with Crippen LogP contribution in [0.5, 0.6) is 0 Å². The molecule has 3 amide bonds. The molecule has 2 aromatic rings. The highest BCUT2D eigenvalue weighted by Crippen LogP contribution is 2.25. The lowest BCUT2D eigenvalue weighted by molar-refractivity contribution is -0.192. The Morgan fingerprint density at radius 2 is 1.68 bits per heavy atom. The van der Waals surface area contributed by atoms with Crippen LogP contribution >= 0.6 is 0 Å². The summed E-state index contributed by atoms with van der Waals surface area (Å²) in [5.41, 5.74) is 1.16. The zero-order valence-electron chi connectivity index (χ0n) is 20.9. The van der Waals surface area contributed by atoms with E-state index >= 15 is 0 Å². The van der Waals surface area contributed by atoms with Gasteiger partial charge in [-0.1, -0.05) is 18.7 Å². The standard InChI is InChI=1S/C21H27N7O3.C2HF3O2/c1-5-16(29)23-15-8-6-14(7-9-15)19(20-24-25-26-28(20)21(2,3)4)22-12-13-27-17(30)10-11-18(27)31;3-2(4,5)1(6)7/h5-9,19,22H,1,10-13H2,2-4H3,(H,23,29);(H,6,7). The average molecular weight is 540 g/mol. The summed E-state index contributed by atoms with van der Waals surface area (Å²) in [6.07, 6.45) is -3.35. The number of anilines is 1. The number of aromatic nitrogens is 4. The summed E-state index contributed by atoms with van der Waals surface area (Å²) in [7, 11) is 0. The molecule has 1 aromatic heterocycles. The maximum absolute atomic E-state index is 11.9. The van der Waals surface area contributed by atoms with E-state index in [2.05, 4.69) is 32.7 Å². The SMILES string of the molecule is C=CC(=O)Nc1ccc(C(NCCN2C(=O)CCC2=O)c2nnnn2C(C)(C)C)cc1.O=C(O)C(F)(F)F. The van der Waals surface area contributed by atoms with E-state index in [1.54, 1.807) is 16.8 Å². The van der Waals surface area contributed by atoms with E-state index in [1.807, 2.05) is 32.9 Å². The molecule has 3 rings (SSSR count). The van der Waals surface area contributed by atoms with Gasteiger partial charge in [0.2, 0.25) is 17.7 Å². The average Bonchev–Trinajstić information content (AvgIpc) is 3.44. The lowest BCUT2D eigenvalue weighted by Crippen LogP contribution is -2.38. The van der Waals surface area contributed by atoms with Gasteiger partial charge in [-0.3, -0.25) is 19.3 Å². The minimum atomic E-state index is -5.08. The van der Waals surface area contributed by atoms with Crippen molar-refractivity contribution < 1.29 is 37.5 Å². The lowest BCUT2D eigenvalue weighted by Gasteiger charge is -2.25. The van der Waals surface area contributed by atoms with Gasteiger partial charge in [-0.25, -0.2) is 9.48 Å². The number of hydrogen-bond donors (Lipinski definition) is 3. The smallest absolute Gasteiger partial charge is 0.475 e. The van der Waals surface area contributed by atoms with E-state index in [1.165, 1.54) is 11.0 Å². The van der Waals surface area contributed by atoms with Gasteiger partial charge in [-0.05, 0) is 55.0 Å². The Morgan fingerprint density at radius 1 is 1.13 bits per heavy atom. The highest BCUT2D eigenvalue weighted by Gasteiger charge is 2.38. The minimum Gasteiger partial charge on any atom is -0.475 e. The Morgan fingerprint density at radius 3 is 2.16 bits per heavy atom. The number of halogens is 3. The molecule has 12 nitrogen and oxygen atoms in total. The number of likely N-dealkylation sites (tertiary alicyclic amines) is 1. The molecule has 1 aliphatic heterocycles. The minimum absolute atomic E-state index is 0.148. The first-order chi connectivity index (χ1) is 17.6. The molecule has 0 saturated carbocycles. The van der Waals surface area contributed by atoms with Gasteiger partial charge in [-0.2, -0.15) is 13.2 Å². The van der Waals surface area contributed by atoms with Crippen molar-refractivity contribution in [3.05, 3.63) is 48.3 Å². The van der Waals surface area contributed by atoms with Gasteiger partial charge >= 0.3 is 12.1 Å². The van der Waals surface area contributed by atoms with Crippen LogP contribution in [0.2, 0.25) is 0 Å². The number of benzene rings is 1. The molecular weight excluding hydrogens is 511 g/mol. The lowest BCUT2D eigenvalue weighted by atomic mass is 10.0. The van der Waals surface area contributed by atoms with Crippen LogP contribution in [-0.4, -0.2) is 73.2 Å². The first kappa shape index (κ1) is 30.1. The summed E-state index contributed by atoms with van der Waals surface area (Å²) < 4.78 is 33.5. The van der Waals surface area contributed by atoms with Crippen LogP contribution in [0, 0.1) is 0 Å². The summed E-state index contributed by atoms with van der Waals surface area (Å²) in [6.45, 7) is 10.1. The van der Waals surface area contributed by atoms with Crippen molar-refractivity contribution in [3.8, 4) is 0 Å². The Hall–Kier alpha value is -4.14. The molecule has 3 N–H and O–H groups in total. The van der Waals surface area contributed by atoms with Crippen LogP contribution in [0.25, 0.3) is 0 Å². The van der Waals surface area contributed by atoms with E-state index in [9.17, 15) is 27.6 Å². The fraction of sp³-hybridized carbons (Fsp3) is 0.435. The summed E-state index contributed by atoms with van der Waals surface area (Å²) in [5.74, 6) is -2.74. The molecule has 1 unspecified atom stereocenters. The van der Waals surface area contributed by atoms with E-state index in [4.69, 9.17) is 9.90 Å². The Labute approximate surface area is 215 Å². The van der Waals surface area contributed by atoms with Crippen LogP contribution in [0.1, 0.15) is 51.0 Å². The summed E-state index contributed by atoms with van der Waals surface area (Å²) in [5, 5.41) is 25.4. The Balaban J connectivity index is 0.000000638. The number of carboxylic acid groups (broad SMARTS) is 1. The van der Waals surface area contributed by atoms with Gasteiger partial charge in [0.15, 0.2) is 5.82 Å². The molecule has 1 saturated heterocycles. The number of carboxylic acids is 1. The van der Waals surface area contributed by atoms with Crippen molar-refractivity contribution in [2.24, 2.45) is 0 Å². The quantitative estimate of drug-likeness (QED) is 0.337. The third-order valence-corrected chi connectivity index (χ3v) is 5.17. The predicted molar refractivity (Wildman–Crippen MR) is 128 cm³/mol. The topological polar surface area (TPSA) is 159 Å². The zero-order chi connectivity index (χ0) is 28.7. The van der Waals surface area contributed by atoms with Crippen LogP contribution in [-0.2, 0) is 24.7 Å². The molecule has 206 valence electrons. The highest BCUT2D eigenvalue weighted by molar-refractivity contribution is 6.02. The van der Waals surface area contributed by atoms with Gasteiger partial charge in [-0.15, -0.1) is 5.10 Å². The largest absolute Gasteiger partial charge is 0.490 e. The molecule has 2 heterocycles. The van der Waals surface area contributed by atoms with Crippen molar-refractivity contribution in [3.63, 3.8) is 0 Å². The number of hydrogen-bond acceptors (Lipinski definition) is 8. The number of rotatable bonds is 8. The molecule has 1 fully saturated rings. The molecule has 0 spiro atoms. The van der Waals surface area contributed by atoms with E-state index in [0.717, 1.165) is 5.56 Å². The maximum atomic E-state index is 11.9. The number of nitrogens with zero attached hydrogens (tertiary/aromatic N) is 5. The molecule has 0 aliphatic carbocycles. The molecule has 0 radical (unpaired) electrons. The summed E-state index contributed by atoms with van der Waals surface area (Å²) in [4.78, 5) is 45.5. The maximum Gasteiger partial charge on any atom is 0.490 e. The number of imide groups is 1. The fourth-order valence-electron chi connectivity index (χ4n) is 3.36. The second-order valence-electron chi connectivity index (χ2n) is 9.06. The first-order valence-corrected chi connectivity index (χ1v) is 11.3. The number of alkyl halides is 3. The third-order valence-electron chi connectivity index (χ3n) is 5.17. The van der Waals surface area contributed by atoms with Gasteiger partial charge in [0.05, 0.1) is 11.6 Å². The van der Waals surface area contributed by atoms with Crippen molar-refractivity contribution in [1.29, 1.82) is 0 Å². The molecule has 0 bridgehead atoms. The molecule has 1 aromatic carbocycles. The van der Waals surface area contributed by atoms with Gasteiger partial charge < -0.3 is 15.7 Å². The Bertz CT molecular complexity index is 1160. The van der Waals surface area contributed by atoms with E-state index < -0.39 is 12.1 Å². The van der Waals surface area contributed by atoms with Crippen LogP contribution in [0.4, 0.5) is 18.9 Å². The summed E-state index contributed by atoms with van der Waals surface area (Å²) in [6, 6.07) is 6.91. The molecule has 1 atom stereocenters. The first-order valence-electron chi connectivity index (χ1n) is 11.3. The highest BCUT2D eigenvalue weighted by atomic mass is 19.4. The summed E-state index contributed by atoms with van der Waals surface area (Å²) >= 11 is 0. The van der Waals surface area contributed by atoms with Crippen molar-refractivity contribution in [1.82, 2.24) is 30.4 Å². The number of carbonyl (C=O) groups excluding carboxylic acids is 3. The van der Waals surface area contributed by atoms with Gasteiger partial charge in [0.25, 0.3) is 0 Å². The second kappa shape index (κ2) is 12.4. The zero-order valence-corrected chi connectivity index (χ0v) is 20.9. The van der Waals surface area contributed by atoms with Crippen LogP contribution < -0.4 is 10.6 Å².